The monoisotopic (exact) mass is 437 g/mol. The third-order valence-corrected chi connectivity index (χ3v) is 5.60. The van der Waals surface area contributed by atoms with E-state index in [0.29, 0.717) is 17.9 Å². The van der Waals surface area contributed by atoms with Crippen molar-refractivity contribution in [3.8, 4) is 5.75 Å². The summed E-state index contributed by atoms with van der Waals surface area (Å²) in [6.45, 7) is 2.97. The molecule has 4 heteroatoms. The first-order valence-electron chi connectivity index (χ1n) is 12.3. The lowest BCUT2D eigenvalue weighted by molar-refractivity contribution is 0.104. The van der Waals surface area contributed by atoms with Crippen LogP contribution >= 0.6 is 0 Å². The largest absolute Gasteiger partial charge is 0.507 e. The fourth-order valence-electron chi connectivity index (χ4n) is 3.64. The average Bonchev–Trinajstić information content (AvgIpc) is 2.83. The number of pyridine rings is 1. The van der Waals surface area contributed by atoms with Gasteiger partial charge >= 0.3 is 0 Å². The molecule has 2 rings (SSSR count). The average molecular weight is 438 g/mol. The molecule has 0 unspecified atom stereocenters. The maximum Gasteiger partial charge on any atom is 0.207 e. The zero-order chi connectivity index (χ0) is 22.9. The van der Waals surface area contributed by atoms with Crippen LogP contribution in [0.2, 0.25) is 0 Å². The van der Waals surface area contributed by atoms with Crippen LogP contribution in [-0.2, 0) is 0 Å². The number of carbonyl (C=O) groups is 1. The van der Waals surface area contributed by atoms with Crippen LogP contribution in [0.3, 0.4) is 0 Å². The zero-order valence-corrected chi connectivity index (χ0v) is 19.6. The number of nitrogens with zero attached hydrogens (tertiary/aromatic N) is 1. The fraction of sp³-hybridized carbons (Fsp3) is 0.500. The first-order valence-corrected chi connectivity index (χ1v) is 12.3. The molecule has 4 nitrogen and oxygen atoms in total. The van der Waals surface area contributed by atoms with E-state index >= 15 is 0 Å². The van der Waals surface area contributed by atoms with Gasteiger partial charge in [-0.05, 0) is 42.8 Å². The molecular formula is C28H39NO3. The number of aromatic nitrogens is 1. The molecule has 0 fully saturated rings. The minimum Gasteiger partial charge on any atom is -0.507 e. The van der Waals surface area contributed by atoms with Crippen molar-refractivity contribution in [2.45, 2.75) is 84.0 Å². The highest BCUT2D eigenvalue weighted by atomic mass is 16.5. The van der Waals surface area contributed by atoms with Gasteiger partial charge in [0.2, 0.25) is 5.78 Å². The maximum absolute atomic E-state index is 12.1. The summed E-state index contributed by atoms with van der Waals surface area (Å²) in [7, 11) is 0. The van der Waals surface area contributed by atoms with Crippen molar-refractivity contribution in [2.75, 3.05) is 6.61 Å². The molecule has 1 N–H and O–H groups in total. The molecule has 0 bridgehead atoms. The van der Waals surface area contributed by atoms with Gasteiger partial charge in [0.25, 0.3) is 0 Å². The first-order chi connectivity index (χ1) is 15.7. The van der Waals surface area contributed by atoms with E-state index in [1.54, 1.807) is 36.5 Å². The number of aliphatic hydroxyl groups excluding tert-OH is 1. The molecular weight excluding hydrogens is 398 g/mol. The Morgan fingerprint density at radius 1 is 0.844 bits per heavy atom. The molecule has 0 saturated heterocycles. The smallest absolute Gasteiger partial charge is 0.207 e. The van der Waals surface area contributed by atoms with Crippen LogP contribution in [0.15, 0.2) is 54.7 Å². The Labute approximate surface area is 193 Å². The third kappa shape index (κ3) is 10.6. The number of hydrogen-bond acceptors (Lipinski definition) is 4. The van der Waals surface area contributed by atoms with Crippen molar-refractivity contribution in [3.63, 3.8) is 0 Å². The number of rotatable bonds is 17. The van der Waals surface area contributed by atoms with Gasteiger partial charge in [-0.15, -0.1) is 0 Å². The number of allylic oxidation sites excluding steroid dienone is 1. The second-order valence-electron chi connectivity index (χ2n) is 8.37. The van der Waals surface area contributed by atoms with Gasteiger partial charge in [-0.2, -0.15) is 0 Å². The highest BCUT2D eigenvalue weighted by Crippen LogP contribution is 2.18. The van der Waals surface area contributed by atoms with Crippen molar-refractivity contribution < 1.29 is 14.6 Å². The summed E-state index contributed by atoms with van der Waals surface area (Å²) in [5.74, 6) is 0.379. The molecule has 0 atom stereocenters. The lowest BCUT2D eigenvalue weighted by Gasteiger charge is -2.07. The lowest BCUT2D eigenvalue weighted by atomic mass is 10.1. The minimum atomic E-state index is -0.324. The Balaban J connectivity index is 1.55. The van der Waals surface area contributed by atoms with Gasteiger partial charge in [0.15, 0.2) is 0 Å². The highest BCUT2D eigenvalue weighted by Gasteiger charge is 2.07. The summed E-state index contributed by atoms with van der Waals surface area (Å²) in [5, 5.41) is 10.2. The molecule has 32 heavy (non-hydrogen) atoms. The van der Waals surface area contributed by atoms with E-state index in [0.717, 1.165) is 12.2 Å². The van der Waals surface area contributed by atoms with Crippen LogP contribution in [0.5, 0.6) is 5.75 Å². The van der Waals surface area contributed by atoms with Crippen molar-refractivity contribution in [1.29, 1.82) is 0 Å². The van der Waals surface area contributed by atoms with Crippen molar-refractivity contribution in [2.24, 2.45) is 0 Å². The van der Waals surface area contributed by atoms with Crippen molar-refractivity contribution >= 4 is 11.5 Å². The first kappa shape index (κ1) is 25.6. The SMILES string of the molecule is CCCCCCCCCCCCCCOc1ccc(/C(O)=C/C(=O)c2ccccn2)cc1. The molecule has 1 aromatic heterocycles. The normalized spacial score (nSPS) is 11.5. The number of ketones is 1. The predicted octanol–water partition coefficient (Wildman–Crippen LogP) is 7.94. The quantitative estimate of drug-likeness (QED) is 0.118. The molecule has 0 saturated carbocycles. The fourth-order valence-corrected chi connectivity index (χ4v) is 3.64. The van der Waals surface area contributed by atoms with Gasteiger partial charge in [0.05, 0.1) is 6.61 Å². The number of ether oxygens (including phenoxy) is 1. The Kier molecular flexibility index (Phi) is 12.9. The second kappa shape index (κ2) is 16.1. The number of hydrogen-bond donors (Lipinski definition) is 1. The molecule has 0 aliphatic carbocycles. The van der Waals surface area contributed by atoms with Crippen LogP contribution in [0.1, 0.15) is 100 Å². The van der Waals surface area contributed by atoms with E-state index < -0.39 is 0 Å². The molecule has 0 aliphatic rings. The summed E-state index contributed by atoms with van der Waals surface area (Å²) in [5.41, 5.74) is 0.883. The van der Waals surface area contributed by atoms with Gasteiger partial charge in [0, 0.05) is 17.8 Å². The second-order valence-corrected chi connectivity index (χ2v) is 8.37. The predicted molar refractivity (Wildman–Crippen MR) is 132 cm³/mol. The standard InChI is InChI=1S/C28H39NO3/c1-2-3-4-5-6-7-8-9-10-11-12-15-22-32-25-19-17-24(18-20-25)27(30)23-28(31)26-16-13-14-21-29-26/h13-14,16-21,23,30H,2-12,15,22H2,1H3/b27-23-. The zero-order valence-electron chi connectivity index (χ0n) is 19.6. The summed E-state index contributed by atoms with van der Waals surface area (Å²) >= 11 is 0. The number of unbranched alkanes of at least 4 members (excludes halogenated alkanes) is 11. The van der Waals surface area contributed by atoms with E-state index in [1.807, 2.05) is 12.1 Å². The van der Waals surface area contributed by atoms with E-state index in [1.165, 1.54) is 76.7 Å². The van der Waals surface area contributed by atoms with Crippen LogP contribution in [0, 0.1) is 0 Å². The number of benzene rings is 1. The van der Waals surface area contributed by atoms with Crippen LogP contribution < -0.4 is 4.74 Å². The van der Waals surface area contributed by atoms with E-state index in [2.05, 4.69) is 11.9 Å². The topological polar surface area (TPSA) is 59.4 Å². The third-order valence-electron chi connectivity index (χ3n) is 5.60. The molecule has 0 radical (unpaired) electrons. The summed E-state index contributed by atoms with van der Waals surface area (Å²) in [6, 6.07) is 12.3. The summed E-state index contributed by atoms with van der Waals surface area (Å²) in [4.78, 5) is 16.1. The van der Waals surface area contributed by atoms with Crippen LogP contribution in [0.4, 0.5) is 0 Å². The van der Waals surface area contributed by atoms with Gasteiger partial charge in [-0.1, -0.05) is 83.6 Å². The van der Waals surface area contributed by atoms with Gasteiger partial charge < -0.3 is 9.84 Å². The Morgan fingerprint density at radius 2 is 1.44 bits per heavy atom. The summed E-state index contributed by atoms with van der Waals surface area (Å²) in [6.07, 6.45) is 18.7. The van der Waals surface area contributed by atoms with Crippen LogP contribution in [0.25, 0.3) is 5.76 Å². The maximum atomic E-state index is 12.1. The van der Waals surface area contributed by atoms with E-state index in [-0.39, 0.29) is 11.5 Å². The van der Waals surface area contributed by atoms with E-state index in [9.17, 15) is 9.90 Å². The van der Waals surface area contributed by atoms with Crippen molar-refractivity contribution in [1.82, 2.24) is 4.98 Å². The Hall–Kier alpha value is -2.62. The number of aliphatic hydroxyl groups is 1. The minimum absolute atomic E-state index is 0.0758. The van der Waals surface area contributed by atoms with E-state index in [4.69, 9.17) is 4.74 Å². The molecule has 0 aliphatic heterocycles. The lowest BCUT2D eigenvalue weighted by Crippen LogP contribution is -1.99. The Bertz CT molecular complexity index is 784. The van der Waals surface area contributed by atoms with Gasteiger partial charge in [0.1, 0.15) is 17.2 Å². The molecule has 1 aromatic carbocycles. The molecule has 2 aromatic rings. The Morgan fingerprint density at radius 3 is 2.00 bits per heavy atom. The molecule has 0 spiro atoms. The highest BCUT2D eigenvalue weighted by molar-refractivity contribution is 6.06. The van der Waals surface area contributed by atoms with Crippen molar-refractivity contribution in [3.05, 3.63) is 66.0 Å². The van der Waals surface area contributed by atoms with Gasteiger partial charge in [-0.25, -0.2) is 0 Å². The van der Waals surface area contributed by atoms with Gasteiger partial charge in [-0.3, -0.25) is 9.78 Å². The number of carbonyl (C=O) groups excluding carboxylic acids is 1. The molecule has 0 amide bonds. The molecule has 174 valence electrons. The van der Waals surface area contributed by atoms with Crippen LogP contribution in [-0.4, -0.2) is 22.5 Å². The summed E-state index contributed by atoms with van der Waals surface area (Å²) < 4.78 is 5.80. The molecule has 1 heterocycles.